The van der Waals surface area contributed by atoms with E-state index in [2.05, 4.69) is 22.4 Å². The first-order valence-corrected chi connectivity index (χ1v) is 8.66. The fraction of sp³-hybridized carbons (Fsp3) is 0.706. The van der Waals surface area contributed by atoms with Crippen molar-refractivity contribution >= 4 is 11.9 Å². The lowest BCUT2D eigenvalue weighted by molar-refractivity contribution is -0.130. The second-order valence-electron chi connectivity index (χ2n) is 7.42. The number of hydrogen-bond donors (Lipinski definition) is 1. The number of hydrogen-bond acceptors (Lipinski definition) is 4. The lowest BCUT2D eigenvalue weighted by atomic mass is 9.92. The Morgan fingerprint density at radius 3 is 2.83 bits per heavy atom. The molecule has 1 N–H and O–H groups in total. The van der Waals surface area contributed by atoms with Gasteiger partial charge in [0.25, 0.3) is 5.91 Å². The van der Waals surface area contributed by atoms with E-state index in [4.69, 9.17) is 0 Å². The Morgan fingerprint density at radius 2 is 2.17 bits per heavy atom. The quantitative estimate of drug-likeness (QED) is 0.828. The van der Waals surface area contributed by atoms with Gasteiger partial charge in [-0.25, -0.2) is 4.79 Å². The third kappa shape index (κ3) is 2.92. The van der Waals surface area contributed by atoms with Gasteiger partial charge in [0.1, 0.15) is 5.54 Å². The van der Waals surface area contributed by atoms with Crippen molar-refractivity contribution in [3.8, 4) is 0 Å². The van der Waals surface area contributed by atoms with Crippen molar-refractivity contribution < 1.29 is 9.59 Å². The molecule has 0 unspecified atom stereocenters. The van der Waals surface area contributed by atoms with E-state index in [1.807, 2.05) is 17.9 Å². The van der Waals surface area contributed by atoms with Gasteiger partial charge in [-0.3, -0.25) is 19.3 Å². The van der Waals surface area contributed by atoms with Crippen LogP contribution in [0.15, 0.2) is 6.20 Å². The van der Waals surface area contributed by atoms with Crippen LogP contribution in [0.3, 0.4) is 0 Å². The van der Waals surface area contributed by atoms with Crippen LogP contribution in [-0.2, 0) is 18.3 Å². The van der Waals surface area contributed by atoms with Crippen molar-refractivity contribution in [2.24, 2.45) is 7.05 Å². The van der Waals surface area contributed by atoms with Crippen LogP contribution in [0.5, 0.6) is 0 Å². The molecule has 0 saturated carbocycles. The molecule has 24 heavy (non-hydrogen) atoms. The van der Waals surface area contributed by atoms with E-state index in [0.29, 0.717) is 12.6 Å². The summed E-state index contributed by atoms with van der Waals surface area (Å²) >= 11 is 0. The molecule has 0 radical (unpaired) electrons. The van der Waals surface area contributed by atoms with Crippen molar-refractivity contribution in [2.75, 3.05) is 20.1 Å². The number of imide groups is 1. The number of nitrogens with one attached hydrogen (secondary N) is 1. The number of carbonyl (C=O) groups excluding carboxylic acids is 2. The summed E-state index contributed by atoms with van der Waals surface area (Å²) in [4.78, 5) is 27.8. The molecule has 0 aromatic carbocycles. The average Bonchev–Trinajstić information content (AvgIpc) is 2.99. The average molecular weight is 333 g/mol. The second-order valence-corrected chi connectivity index (χ2v) is 7.42. The minimum Gasteiger partial charge on any atom is -0.324 e. The minimum absolute atomic E-state index is 0.137. The Balaban J connectivity index is 1.56. The van der Waals surface area contributed by atoms with Crippen molar-refractivity contribution in [3.63, 3.8) is 0 Å². The Morgan fingerprint density at radius 1 is 1.42 bits per heavy atom. The van der Waals surface area contributed by atoms with Crippen LogP contribution < -0.4 is 5.32 Å². The van der Waals surface area contributed by atoms with Gasteiger partial charge in [0.2, 0.25) is 0 Å². The Hall–Kier alpha value is -1.89. The predicted molar refractivity (Wildman–Crippen MR) is 90.5 cm³/mol. The van der Waals surface area contributed by atoms with Crippen LogP contribution in [0, 0.1) is 0 Å². The largest absolute Gasteiger partial charge is 0.325 e. The Labute approximate surface area is 143 Å². The van der Waals surface area contributed by atoms with Crippen LogP contribution in [0.4, 0.5) is 4.79 Å². The normalized spacial score (nSPS) is 22.9. The summed E-state index contributed by atoms with van der Waals surface area (Å²) < 4.78 is 1.98. The molecule has 7 nitrogen and oxygen atoms in total. The van der Waals surface area contributed by atoms with Crippen LogP contribution in [-0.4, -0.2) is 57.2 Å². The van der Waals surface area contributed by atoms with E-state index in [1.165, 1.54) is 22.6 Å². The molecule has 1 fully saturated rings. The first-order chi connectivity index (χ1) is 11.3. The number of fused-ring (bicyclic) bond motifs is 1. The zero-order valence-corrected chi connectivity index (χ0v) is 15.0. The molecule has 1 atom stereocenters. The highest BCUT2D eigenvalue weighted by Gasteiger charge is 2.43. The molecule has 1 saturated heterocycles. The van der Waals surface area contributed by atoms with Crippen molar-refractivity contribution in [3.05, 3.63) is 17.5 Å². The molecule has 2 heterocycles. The van der Waals surface area contributed by atoms with Gasteiger partial charge in [-0.15, -0.1) is 0 Å². The highest BCUT2D eigenvalue weighted by atomic mass is 16.2. The zero-order chi connectivity index (χ0) is 17.5. The predicted octanol–water partition coefficient (Wildman–Crippen LogP) is 1.45. The summed E-state index contributed by atoms with van der Waals surface area (Å²) in [6.07, 6.45) is 6.15. The van der Waals surface area contributed by atoms with Crippen LogP contribution in [0.2, 0.25) is 0 Å². The van der Waals surface area contributed by atoms with E-state index in [-0.39, 0.29) is 11.9 Å². The highest BCUT2D eigenvalue weighted by Crippen LogP contribution is 2.33. The minimum atomic E-state index is -0.781. The summed E-state index contributed by atoms with van der Waals surface area (Å²) in [6.45, 7) is 4.79. The molecular formula is C17H27N5O2. The summed E-state index contributed by atoms with van der Waals surface area (Å²) in [5.41, 5.74) is 1.87. The topological polar surface area (TPSA) is 70.5 Å². The summed E-state index contributed by atoms with van der Waals surface area (Å²) in [5, 5.41) is 7.12. The van der Waals surface area contributed by atoms with E-state index in [0.717, 1.165) is 25.8 Å². The van der Waals surface area contributed by atoms with Crippen LogP contribution in [0.1, 0.15) is 50.4 Å². The molecule has 1 aliphatic heterocycles. The van der Waals surface area contributed by atoms with Crippen molar-refractivity contribution in [1.29, 1.82) is 0 Å². The summed E-state index contributed by atoms with van der Waals surface area (Å²) in [7, 11) is 4.11. The van der Waals surface area contributed by atoms with Crippen molar-refractivity contribution in [2.45, 2.75) is 51.1 Å². The lowest BCUT2D eigenvalue weighted by Crippen LogP contribution is -2.40. The molecule has 7 heteroatoms. The number of nitrogens with zero attached hydrogens (tertiary/aromatic N) is 4. The number of rotatable bonds is 5. The van der Waals surface area contributed by atoms with Gasteiger partial charge >= 0.3 is 6.03 Å². The van der Waals surface area contributed by atoms with Gasteiger partial charge in [-0.1, -0.05) is 0 Å². The summed E-state index contributed by atoms with van der Waals surface area (Å²) in [6, 6.07) is 0.0989. The van der Waals surface area contributed by atoms with E-state index in [9.17, 15) is 9.59 Å². The zero-order valence-electron chi connectivity index (χ0n) is 15.0. The molecule has 1 aliphatic carbocycles. The number of urea groups is 1. The van der Waals surface area contributed by atoms with Gasteiger partial charge in [-0.05, 0) is 46.6 Å². The maximum Gasteiger partial charge on any atom is 0.325 e. The van der Waals surface area contributed by atoms with E-state index < -0.39 is 5.54 Å². The molecule has 0 spiro atoms. The molecular weight excluding hydrogens is 306 g/mol. The number of aromatic nitrogens is 2. The smallest absolute Gasteiger partial charge is 0.324 e. The molecule has 0 bridgehead atoms. The number of amides is 3. The fourth-order valence-electron chi connectivity index (χ4n) is 3.80. The molecule has 3 amide bonds. The van der Waals surface area contributed by atoms with Gasteiger partial charge in [0, 0.05) is 37.4 Å². The maximum atomic E-state index is 12.2. The lowest BCUT2D eigenvalue weighted by Gasteiger charge is -2.31. The van der Waals surface area contributed by atoms with Crippen LogP contribution >= 0.6 is 0 Å². The fourth-order valence-corrected chi connectivity index (χ4v) is 3.80. The number of carbonyl (C=O) groups is 2. The summed E-state index contributed by atoms with van der Waals surface area (Å²) in [5.74, 6) is -0.137. The third-order valence-electron chi connectivity index (χ3n) is 5.21. The van der Waals surface area contributed by atoms with E-state index >= 15 is 0 Å². The molecule has 1 aromatic heterocycles. The monoisotopic (exact) mass is 333 g/mol. The standard InChI is InChI=1S/C17H27N5O2/c1-17(2)15(23)22(16(24)19-17)10-6-9-20(3)13-7-5-8-14-12(13)11-18-21(14)4/h11,13H,5-10H2,1-4H3,(H,19,24)/t13-/m1/s1. The molecule has 2 aliphatic rings. The SMILES string of the molecule is CN(CCCN1C(=O)NC(C)(C)C1=O)[C@@H]1CCCc2c1cnn2C. The third-order valence-corrected chi connectivity index (χ3v) is 5.21. The van der Waals surface area contributed by atoms with E-state index in [1.54, 1.807) is 13.8 Å². The van der Waals surface area contributed by atoms with Crippen molar-refractivity contribution in [1.82, 2.24) is 24.9 Å². The number of aryl methyl sites for hydroxylation is 1. The molecule has 1 aromatic rings. The Kier molecular flexibility index (Phi) is 4.38. The van der Waals surface area contributed by atoms with Gasteiger partial charge in [0.15, 0.2) is 0 Å². The first kappa shape index (κ1) is 17.0. The van der Waals surface area contributed by atoms with Crippen LogP contribution in [0.25, 0.3) is 0 Å². The van der Waals surface area contributed by atoms with Gasteiger partial charge < -0.3 is 5.32 Å². The molecule has 3 rings (SSSR count). The van der Waals surface area contributed by atoms with Gasteiger partial charge in [0.05, 0.1) is 6.20 Å². The molecule has 132 valence electrons. The Bertz CT molecular complexity index is 651. The maximum absolute atomic E-state index is 12.2. The second kappa shape index (κ2) is 6.20. The highest BCUT2D eigenvalue weighted by molar-refractivity contribution is 6.06. The van der Waals surface area contributed by atoms with Gasteiger partial charge in [-0.2, -0.15) is 5.10 Å². The first-order valence-electron chi connectivity index (χ1n) is 8.66.